The number of ketones is 1. The normalized spacial score (nSPS) is 15.4. The lowest BCUT2D eigenvalue weighted by atomic mass is 9.90. The fourth-order valence-corrected chi connectivity index (χ4v) is 2.67. The second-order valence-electron chi connectivity index (χ2n) is 5.38. The molecule has 22 heavy (non-hydrogen) atoms. The molecule has 1 aliphatic rings. The number of carbonyl (C=O) groups excluding carboxylic acids is 3. The van der Waals surface area contributed by atoms with Crippen molar-refractivity contribution in [2.24, 2.45) is 5.92 Å². The monoisotopic (exact) mass is 303 g/mol. The third-order valence-electron chi connectivity index (χ3n) is 3.88. The van der Waals surface area contributed by atoms with Crippen LogP contribution in [0.3, 0.4) is 0 Å². The first-order valence-electron chi connectivity index (χ1n) is 7.64. The number of carbonyl (C=O) groups is 3. The summed E-state index contributed by atoms with van der Waals surface area (Å²) in [5.41, 5.74) is 0.666. The molecule has 1 heterocycles. The maximum Gasteiger partial charge on any atom is 0.313 e. The van der Waals surface area contributed by atoms with Crippen molar-refractivity contribution < 1.29 is 19.1 Å². The first-order valence-corrected chi connectivity index (χ1v) is 7.64. The van der Waals surface area contributed by atoms with Crippen molar-refractivity contribution in [3.8, 4) is 0 Å². The topological polar surface area (TPSA) is 63.7 Å². The Morgan fingerprint density at radius 2 is 1.77 bits per heavy atom. The highest BCUT2D eigenvalue weighted by Crippen LogP contribution is 2.21. The van der Waals surface area contributed by atoms with Crippen LogP contribution in [-0.2, 0) is 14.3 Å². The predicted molar refractivity (Wildman–Crippen MR) is 81.3 cm³/mol. The molecule has 5 heteroatoms. The number of benzene rings is 1. The van der Waals surface area contributed by atoms with Gasteiger partial charge in [0.2, 0.25) is 0 Å². The zero-order chi connectivity index (χ0) is 15.9. The molecule has 118 valence electrons. The highest BCUT2D eigenvalue weighted by Gasteiger charge is 2.28. The molecule has 2 rings (SSSR count). The summed E-state index contributed by atoms with van der Waals surface area (Å²) >= 11 is 0. The van der Waals surface area contributed by atoms with Gasteiger partial charge in [-0.15, -0.1) is 0 Å². The smallest absolute Gasteiger partial charge is 0.313 e. The fraction of sp³-hybridized carbons (Fsp3) is 0.471. The van der Waals surface area contributed by atoms with Gasteiger partial charge in [0.15, 0.2) is 0 Å². The molecule has 5 nitrogen and oxygen atoms in total. The molecule has 1 saturated heterocycles. The van der Waals surface area contributed by atoms with Crippen LogP contribution in [0.1, 0.15) is 36.5 Å². The number of amides is 1. The van der Waals surface area contributed by atoms with Crippen LogP contribution in [0.25, 0.3) is 0 Å². The molecule has 0 bridgehead atoms. The molecule has 0 saturated carbocycles. The Balaban J connectivity index is 1.84. The van der Waals surface area contributed by atoms with E-state index in [0.717, 1.165) is 0 Å². The third-order valence-corrected chi connectivity index (χ3v) is 3.88. The van der Waals surface area contributed by atoms with Crippen molar-refractivity contribution in [2.45, 2.75) is 26.2 Å². The third kappa shape index (κ3) is 4.16. The van der Waals surface area contributed by atoms with Crippen molar-refractivity contribution in [3.63, 3.8) is 0 Å². The number of esters is 1. The van der Waals surface area contributed by atoms with Gasteiger partial charge in [0.1, 0.15) is 12.2 Å². The van der Waals surface area contributed by atoms with E-state index in [1.165, 1.54) is 0 Å². The maximum absolute atomic E-state index is 12.3. The van der Waals surface area contributed by atoms with E-state index in [1.54, 1.807) is 24.0 Å². The molecule has 1 fully saturated rings. The Morgan fingerprint density at radius 1 is 1.14 bits per heavy atom. The first-order chi connectivity index (χ1) is 10.6. The summed E-state index contributed by atoms with van der Waals surface area (Å²) in [4.78, 5) is 37.4. The maximum atomic E-state index is 12.3. The summed E-state index contributed by atoms with van der Waals surface area (Å²) in [6.07, 6.45) is 1.05. The Hall–Kier alpha value is -2.17. The summed E-state index contributed by atoms with van der Waals surface area (Å²) in [7, 11) is 0. The van der Waals surface area contributed by atoms with Crippen LogP contribution in [-0.4, -0.2) is 42.3 Å². The number of Topliss-reactive ketones (excluding diaryl/α,β-unsaturated/α-hetero) is 1. The molecule has 1 aromatic rings. The first kappa shape index (κ1) is 16.2. The molecule has 1 aliphatic heterocycles. The average molecular weight is 303 g/mol. The number of ether oxygens (including phenoxy) is 1. The van der Waals surface area contributed by atoms with Crippen molar-refractivity contribution in [3.05, 3.63) is 35.9 Å². The highest BCUT2D eigenvalue weighted by atomic mass is 16.5. The number of nitrogens with zero attached hydrogens (tertiary/aromatic N) is 1. The number of piperidine rings is 1. The summed E-state index contributed by atoms with van der Waals surface area (Å²) in [5.74, 6) is -0.693. The Morgan fingerprint density at radius 3 is 2.36 bits per heavy atom. The van der Waals surface area contributed by atoms with Crippen LogP contribution in [0.15, 0.2) is 30.3 Å². The van der Waals surface area contributed by atoms with Crippen molar-refractivity contribution in [2.75, 3.05) is 19.7 Å². The largest absolute Gasteiger partial charge is 0.466 e. The Kier molecular flexibility index (Phi) is 5.69. The van der Waals surface area contributed by atoms with Crippen molar-refractivity contribution in [1.29, 1.82) is 0 Å². The quantitative estimate of drug-likeness (QED) is 0.617. The highest BCUT2D eigenvalue weighted by molar-refractivity contribution is 5.97. The molecule has 0 spiro atoms. The molecule has 0 N–H and O–H groups in total. The second kappa shape index (κ2) is 7.73. The lowest BCUT2D eigenvalue weighted by molar-refractivity contribution is -0.146. The Bertz CT molecular complexity index is 533. The standard InChI is InChI=1S/C17H21NO4/c1-2-22-16(20)12-15(19)13-8-10-18(11-9-13)17(21)14-6-4-3-5-7-14/h3-7,13H,2,8-12H2,1H3. The van der Waals surface area contributed by atoms with Gasteiger partial charge in [-0.3, -0.25) is 14.4 Å². The molecular weight excluding hydrogens is 282 g/mol. The van der Waals surface area contributed by atoms with Gasteiger partial charge in [0.05, 0.1) is 6.61 Å². The van der Waals surface area contributed by atoms with Gasteiger partial charge in [0.25, 0.3) is 5.91 Å². The molecule has 0 aliphatic carbocycles. The van der Waals surface area contributed by atoms with Gasteiger partial charge < -0.3 is 9.64 Å². The van der Waals surface area contributed by atoms with E-state index in [-0.39, 0.29) is 30.6 Å². The molecule has 0 radical (unpaired) electrons. The van der Waals surface area contributed by atoms with Gasteiger partial charge in [-0.25, -0.2) is 0 Å². The molecule has 0 aromatic heterocycles. The van der Waals surface area contributed by atoms with Crippen molar-refractivity contribution >= 4 is 17.7 Å². The SMILES string of the molecule is CCOC(=O)CC(=O)C1CCN(C(=O)c2ccccc2)CC1. The molecule has 1 aromatic carbocycles. The minimum absolute atomic E-state index is 0.00288. The van der Waals surface area contributed by atoms with Crippen LogP contribution < -0.4 is 0 Å². The summed E-state index contributed by atoms with van der Waals surface area (Å²) in [6, 6.07) is 9.13. The van der Waals surface area contributed by atoms with E-state index in [2.05, 4.69) is 0 Å². The molecular formula is C17H21NO4. The van der Waals surface area contributed by atoms with Gasteiger partial charge in [0, 0.05) is 24.6 Å². The lowest BCUT2D eigenvalue weighted by Gasteiger charge is -2.31. The van der Waals surface area contributed by atoms with Crippen LogP contribution in [0.5, 0.6) is 0 Å². The minimum Gasteiger partial charge on any atom is -0.466 e. The minimum atomic E-state index is -0.463. The van der Waals surface area contributed by atoms with Gasteiger partial charge in [-0.1, -0.05) is 18.2 Å². The number of likely N-dealkylation sites (tertiary alicyclic amines) is 1. The summed E-state index contributed by atoms with van der Waals surface area (Å²) < 4.78 is 4.80. The van der Waals surface area contributed by atoms with E-state index in [4.69, 9.17) is 4.74 Å². The number of hydrogen-bond donors (Lipinski definition) is 0. The van der Waals surface area contributed by atoms with Gasteiger partial charge in [-0.05, 0) is 31.9 Å². The van der Waals surface area contributed by atoms with Crippen molar-refractivity contribution in [1.82, 2.24) is 4.90 Å². The van der Waals surface area contributed by atoms with Crippen LogP contribution >= 0.6 is 0 Å². The van der Waals surface area contributed by atoms with E-state index >= 15 is 0 Å². The zero-order valence-corrected chi connectivity index (χ0v) is 12.8. The summed E-state index contributed by atoms with van der Waals surface area (Å²) in [5, 5.41) is 0. The predicted octanol–water partition coefficient (Wildman–Crippen LogP) is 2.06. The zero-order valence-electron chi connectivity index (χ0n) is 12.8. The molecule has 0 unspecified atom stereocenters. The van der Waals surface area contributed by atoms with E-state index < -0.39 is 5.97 Å². The van der Waals surface area contributed by atoms with Gasteiger partial charge >= 0.3 is 5.97 Å². The number of hydrogen-bond acceptors (Lipinski definition) is 4. The van der Waals surface area contributed by atoms with Crippen LogP contribution in [0.4, 0.5) is 0 Å². The number of rotatable bonds is 5. The molecule has 0 atom stereocenters. The summed E-state index contributed by atoms with van der Waals surface area (Å²) in [6.45, 7) is 3.10. The van der Waals surface area contributed by atoms with E-state index in [0.29, 0.717) is 31.5 Å². The average Bonchev–Trinajstić information content (AvgIpc) is 2.55. The van der Waals surface area contributed by atoms with E-state index in [9.17, 15) is 14.4 Å². The van der Waals surface area contributed by atoms with Crippen LogP contribution in [0.2, 0.25) is 0 Å². The van der Waals surface area contributed by atoms with E-state index in [1.807, 2.05) is 18.2 Å². The lowest BCUT2D eigenvalue weighted by Crippen LogP contribution is -2.40. The van der Waals surface area contributed by atoms with Crippen LogP contribution in [0, 0.1) is 5.92 Å². The Labute approximate surface area is 130 Å². The second-order valence-corrected chi connectivity index (χ2v) is 5.38. The van der Waals surface area contributed by atoms with Gasteiger partial charge in [-0.2, -0.15) is 0 Å². The molecule has 1 amide bonds. The fourth-order valence-electron chi connectivity index (χ4n) is 2.67.